The number of aromatic nitrogens is 2. The number of benzene rings is 2. The number of nitrogens with one attached hydrogen (secondary N) is 2. The highest BCUT2D eigenvalue weighted by Gasteiger charge is 2.10. The Kier molecular flexibility index (Phi) is 6.38. The summed E-state index contributed by atoms with van der Waals surface area (Å²) in [5.74, 6) is 0.747. The molecule has 2 N–H and O–H groups in total. The number of amides is 1. The second-order valence-corrected chi connectivity index (χ2v) is 7.09. The third kappa shape index (κ3) is 5.79. The van der Waals surface area contributed by atoms with Gasteiger partial charge in [-0.2, -0.15) is 0 Å². The van der Waals surface area contributed by atoms with Gasteiger partial charge in [0.1, 0.15) is 10.8 Å². The summed E-state index contributed by atoms with van der Waals surface area (Å²) in [6.45, 7) is 5.09. The molecule has 0 fully saturated rings. The number of carbonyl (C=O) groups excluding carboxylic acids is 1. The Morgan fingerprint density at radius 2 is 1.96 bits per heavy atom. The van der Waals surface area contributed by atoms with Crippen molar-refractivity contribution in [1.29, 1.82) is 0 Å². The lowest BCUT2D eigenvalue weighted by molar-refractivity contribution is -0.120. The number of rotatable bonds is 8. The number of nitrogens with zero attached hydrogens (tertiary/aromatic N) is 2. The van der Waals surface area contributed by atoms with Crippen molar-refractivity contribution in [2.24, 2.45) is 0 Å². The summed E-state index contributed by atoms with van der Waals surface area (Å²) in [5.41, 5.74) is 3.14. The number of anilines is 2. The Balaban J connectivity index is 1.48. The predicted octanol–water partition coefficient (Wildman–Crippen LogP) is 3.85. The van der Waals surface area contributed by atoms with E-state index >= 15 is 0 Å². The number of hydrogen-bond acceptors (Lipinski definition) is 6. The molecule has 3 rings (SSSR count). The first-order valence-electron chi connectivity index (χ1n) is 8.77. The molecule has 1 aromatic heterocycles. The van der Waals surface area contributed by atoms with Crippen molar-refractivity contribution in [2.75, 3.05) is 11.9 Å². The van der Waals surface area contributed by atoms with Crippen LogP contribution < -0.4 is 15.4 Å². The molecule has 27 heavy (non-hydrogen) atoms. The third-order valence-corrected chi connectivity index (χ3v) is 4.61. The molecule has 0 radical (unpaired) electrons. The zero-order valence-electron chi connectivity index (χ0n) is 15.4. The van der Waals surface area contributed by atoms with Crippen LogP contribution in [0.5, 0.6) is 5.75 Å². The Hall–Kier alpha value is -2.93. The smallest absolute Gasteiger partial charge is 0.227 e. The summed E-state index contributed by atoms with van der Waals surface area (Å²) in [4.78, 5) is 12.2. The minimum absolute atomic E-state index is 0.0814. The summed E-state index contributed by atoms with van der Waals surface area (Å²) in [5, 5.41) is 15.7. The predicted molar refractivity (Wildman–Crippen MR) is 108 cm³/mol. The van der Waals surface area contributed by atoms with Crippen molar-refractivity contribution in [2.45, 2.75) is 26.8 Å². The van der Waals surface area contributed by atoms with Gasteiger partial charge < -0.3 is 15.4 Å². The maximum absolute atomic E-state index is 12.2. The Bertz CT molecular complexity index is 893. The Labute approximate surface area is 162 Å². The van der Waals surface area contributed by atoms with Crippen LogP contribution in [0.4, 0.5) is 10.8 Å². The van der Waals surface area contributed by atoms with Gasteiger partial charge in [0.15, 0.2) is 0 Å². The first-order valence-corrected chi connectivity index (χ1v) is 9.58. The molecule has 0 aliphatic heterocycles. The van der Waals surface area contributed by atoms with Gasteiger partial charge in [-0.25, -0.2) is 0 Å². The van der Waals surface area contributed by atoms with Crippen LogP contribution in [-0.2, 0) is 17.8 Å². The highest BCUT2D eigenvalue weighted by atomic mass is 32.1. The highest BCUT2D eigenvalue weighted by molar-refractivity contribution is 7.15. The van der Waals surface area contributed by atoms with E-state index in [2.05, 4.69) is 20.8 Å². The number of hydrogen-bond donors (Lipinski definition) is 2. The number of carbonyl (C=O) groups is 1. The maximum atomic E-state index is 12.2. The Morgan fingerprint density at radius 3 is 2.70 bits per heavy atom. The molecule has 0 unspecified atom stereocenters. The fourth-order valence-corrected chi connectivity index (χ4v) is 3.25. The molecule has 1 amide bonds. The van der Waals surface area contributed by atoms with Gasteiger partial charge in [-0.3, -0.25) is 4.79 Å². The van der Waals surface area contributed by atoms with E-state index in [1.54, 1.807) is 0 Å². The second kappa shape index (κ2) is 9.14. The molecular formula is C20H22N4O2S. The third-order valence-electron chi connectivity index (χ3n) is 3.77. The average Bonchev–Trinajstić information content (AvgIpc) is 3.08. The van der Waals surface area contributed by atoms with Crippen LogP contribution in [0, 0.1) is 6.92 Å². The molecule has 1 heterocycles. The van der Waals surface area contributed by atoms with Gasteiger partial charge in [-0.1, -0.05) is 35.6 Å². The number of aryl methyl sites for hydroxylation is 1. The molecule has 0 spiro atoms. The van der Waals surface area contributed by atoms with E-state index in [4.69, 9.17) is 4.74 Å². The molecule has 0 aliphatic rings. The average molecular weight is 382 g/mol. The van der Waals surface area contributed by atoms with E-state index in [0.29, 0.717) is 23.3 Å². The van der Waals surface area contributed by atoms with E-state index in [-0.39, 0.29) is 12.3 Å². The lowest BCUT2D eigenvalue weighted by Gasteiger charge is -2.06. The standard InChI is InChI=1S/C20H22N4O2S/c1-3-26-17-9-7-15(8-10-17)13-21-18(25)12-19-23-24-20(27-19)22-16-6-4-5-14(2)11-16/h4-11H,3,12-13H2,1-2H3,(H,21,25)(H,22,24). The zero-order valence-corrected chi connectivity index (χ0v) is 16.2. The van der Waals surface area contributed by atoms with Crippen molar-refractivity contribution in [3.63, 3.8) is 0 Å². The van der Waals surface area contributed by atoms with Crippen LogP contribution in [0.1, 0.15) is 23.1 Å². The lowest BCUT2D eigenvalue weighted by atomic mass is 10.2. The molecule has 7 heteroatoms. The van der Waals surface area contributed by atoms with Crippen molar-refractivity contribution in [1.82, 2.24) is 15.5 Å². The van der Waals surface area contributed by atoms with Crippen molar-refractivity contribution >= 4 is 28.1 Å². The summed E-state index contributed by atoms with van der Waals surface area (Å²) in [7, 11) is 0. The minimum atomic E-state index is -0.0814. The minimum Gasteiger partial charge on any atom is -0.494 e. The highest BCUT2D eigenvalue weighted by Crippen LogP contribution is 2.21. The zero-order chi connectivity index (χ0) is 19.1. The summed E-state index contributed by atoms with van der Waals surface area (Å²) in [6, 6.07) is 15.7. The van der Waals surface area contributed by atoms with Gasteiger partial charge in [0.2, 0.25) is 11.0 Å². The van der Waals surface area contributed by atoms with Crippen molar-refractivity contribution in [3.05, 3.63) is 64.7 Å². The van der Waals surface area contributed by atoms with E-state index < -0.39 is 0 Å². The summed E-state index contributed by atoms with van der Waals surface area (Å²) in [6.07, 6.45) is 0.212. The largest absolute Gasteiger partial charge is 0.494 e. The van der Waals surface area contributed by atoms with Gasteiger partial charge in [0.25, 0.3) is 0 Å². The molecule has 0 saturated carbocycles. The van der Waals surface area contributed by atoms with Crippen molar-refractivity contribution < 1.29 is 9.53 Å². The van der Waals surface area contributed by atoms with Crippen molar-refractivity contribution in [3.8, 4) is 5.75 Å². The van der Waals surface area contributed by atoms with Gasteiger partial charge >= 0.3 is 0 Å². The molecule has 0 bridgehead atoms. The number of ether oxygens (including phenoxy) is 1. The second-order valence-electron chi connectivity index (χ2n) is 6.03. The normalized spacial score (nSPS) is 10.4. The monoisotopic (exact) mass is 382 g/mol. The molecule has 0 atom stereocenters. The molecule has 6 nitrogen and oxygen atoms in total. The van der Waals surface area contributed by atoms with Gasteiger partial charge in [0, 0.05) is 12.2 Å². The van der Waals surface area contributed by atoms with Crippen LogP contribution in [0.25, 0.3) is 0 Å². The van der Waals surface area contributed by atoms with Gasteiger partial charge in [-0.15, -0.1) is 10.2 Å². The van der Waals surface area contributed by atoms with E-state index in [0.717, 1.165) is 17.0 Å². The summed E-state index contributed by atoms with van der Waals surface area (Å²) >= 11 is 1.38. The molecule has 2 aromatic carbocycles. The molecular weight excluding hydrogens is 360 g/mol. The van der Waals surface area contributed by atoms with Crippen LogP contribution in [0.3, 0.4) is 0 Å². The fraction of sp³-hybridized carbons (Fsp3) is 0.250. The molecule has 0 aliphatic carbocycles. The molecule has 3 aromatic rings. The van der Waals surface area contributed by atoms with Gasteiger partial charge in [-0.05, 0) is 49.2 Å². The SMILES string of the molecule is CCOc1ccc(CNC(=O)Cc2nnc(Nc3cccc(C)c3)s2)cc1. The van der Waals surface area contributed by atoms with Crippen LogP contribution in [0.15, 0.2) is 48.5 Å². The first kappa shape index (κ1) is 18.8. The fourth-order valence-electron chi connectivity index (χ4n) is 2.49. The quantitative estimate of drug-likeness (QED) is 0.619. The maximum Gasteiger partial charge on any atom is 0.227 e. The van der Waals surface area contributed by atoms with Gasteiger partial charge in [0.05, 0.1) is 13.0 Å². The van der Waals surface area contributed by atoms with E-state index in [9.17, 15) is 4.79 Å². The molecule has 140 valence electrons. The molecule has 0 saturated heterocycles. The lowest BCUT2D eigenvalue weighted by Crippen LogP contribution is -2.24. The van der Waals surface area contributed by atoms with Crippen LogP contribution in [0.2, 0.25) is 0 Å². The van der Waals surface area contributed by atoms with E-state index in [1.807, 2.05) is 62.4 Å². The Morgan fingerprint density at radius 1 is 1.15 bits per heavy atom. The van der Waals surface area contributed by atoms with Crippen LogP contribution >= 0.6 is 11.3 Å². The van der Waals surface area contributed by atoms with Crippen LogP contribution in [-0.4, -0.2) is 22.7 Å². The summed E-state index contributed by atoms with van der Waals surface area (Å²) < 4.78 is 5.41. The topological polar surface area (TPSA) is 76.1 Å². The first-order chi connectivity index (χ1) is 13.1. The van der Waals surface area contributed by atoms with E-state index in [1.165, 1.54) is 16.9 Å².